The standard InChI is InChI=1S/C20H20ClN5O3/c21-15-3-1-14(2-4-15)20-24-19(29-25-20)8-7-18(27)23-16-5-6-17(22-13-16)26-9-11-28-12-10-26/h1-6,13H,7-12H2,(H,23,27). The van der Waals surface area contributed by atoms with Crippen molar-refractivity contribution in [3.63, 3.8) is 0 Å². The fourth-order valence-corrected chi connectivity index (χ4v) is 3.08. The molecule has 3 aromatic rings. The van der Waals surface area contributed by atoms with Gasteiger partial charge >= 0.3 is 0 Å². The van der Waals surface area contributed by atoms with E-state index in [9.17, 15) is 4.79 Å². The monoisotopic (exact) mass is 413 g/mol. The third-order valence-electron chi connectivity index (χ3n) is 4.50. The van der Waals surface area contributed by atoms with Crippen molar-refractivity contribution in [3.8, 4) is 11.4 Å². The summed E-state index contributed by atoms with van der Waals surface area (Å²) in [5, 5.41) is 7.43. The number of halogens is 1. The lowest BCUT2D eigenvalue weighted by Crippen LogP contribution is -2.36. The molecule has 150 valence electrons. The number of nitrogens with zero attached hydrogens (tertiary/aromatic N) is 4. The van der Waals surface area contributed by atoms with Crippen LogP contribution in [0.5, 0.6) is 0 Å². The lowest BCUT2D eigenvalue weighted by atomic mass is 10.2. The van der Waals surface area contributed by atoms with Crippen molar-refractivity contribution in [2.45, 2.75) is 12.8 Å². The van der Waals surface area contributed by atoms with Gasteiger partial charge < -0.3 is 19.5 Å². The van der Waals surface area contributed by atoms with E-state index in [2.05, 4.69) is 25.3 Å². The fraction of sp³-hybridized carbons (Fsp3) is 0.300. The zero-order chi connectivity index (χ0) is 20.1. The van der Waals surface area contributed by atoms with Crippen LogP contribution in [0.2, 0.25) is 5.02 Å². The van der Waals surface area contributed by atoms with Crippen LogP contribution in [0.1, 0.15) is 12.3 Å². The highest BCUT2D eigenvalue weighted by atomic mass is 35.5. The van der Waals surface area contributed by atoms with Crippen LogP contribution in [0.4, 0.5) is 11.5 Å². The van der Waals surface area contributed by atoms with Gasteiger partial charge in [0, 0.05) is 36.5 Å². The lowest BCUT2D eigenvalue weighted by Gasteiger charge is -2.27. The minimum absolute atomic E-state index is 0.142. The van der Waals surface area contributed by atoms with Crippen LogP contribution in [0, 0.1) is 0 Å². The van der Waals surface area contributed by atoms with Crippen LogP contribution in [-0.4, -0.2) is 47.3 Å². The first-order valence-electron chi connectivity index (χ1n) is 9.34. The van der Waals surface area contributed by atoms with Gasteiger partial charge in [0.1, 0.15) is 5.82 Å². The summed E-state index contributed by atoms with van der Waals surface area (Å²) >= 11 is 5.88. The molecule has 0 bridgehead atoms. The molecule has 3 heterocycles. The molecular weight excluding hydrogens is 394 g/mol. The summed E-state index contributed by atoms with van der Waals surface area (Å²) in [4.78, 5) is 23.1. The Hall–Kier alpha value is -2.97. The molecule has 0 unspecified atom stereocenters. The second kappa shape index (κ2) is 9.02. The molecule has 1 amide bonds. The maximum atomic E-state index is 12.2. The highest BCUT2D eigenvalue weighted by Crippen LogP contribution is 2.19. The molecule has 1 aromatic carbocycles. The van der Waals surface area contributed by atoms with Gasteiger partial charge in [0.2, 0.25) is 17.6 Å². The second-order valence-corrected chi connectivity index (χ2v) is 7.01. The minimum Gasteiger partial charge on any atom is -0.378 e. The van der Waals surface area contributed by atoms with E-state index >= 15 is 0 Å². The number of carbonyl (C=O) groups excluding carboxylic acids is 1. The van der Waals surface area contributed by atoms with Crippen molar-refractivity contribution in [2.24, 2.45) is 0 Å². The van der Waals surface area contributed by atoms with E-state index < -0.39 is 0 Å². The number of carbonyl (C=O) groups is 1. The molecule has 0 radical (unpaired) electrons. The number of aromatic nitrogens is 3. The minimum atomic E-state index is -0.142. The molecule has 0 saturated carbocycles. The Morgan fingerprint density at radius 3 is 2.66 bits per heavy atom. The first-order chi connectivity index (χ1) is 14.2. The fourth-order valence-electron chi connectivity index (χ4n) is 2.96. The summed E-state index contributed by atoms with van der Waals surface area (Å²) in [6, 6.07) is 10.9. The first kappa shape index (κ1) is 19.4. The van der Waals surface area contributed by atoms with E-state index in [0.29, 0.717) is 42.1 Å². The van der Waals surface area contributed by atoms with Crippen LogP contribution in [0.25, 0.3) is 11.4 Å². The topological polar surface area (TPSA) is 93.4 Å². The second-order valence-electron chi connectivity index (χ2n) is 6.57. The number of benzene rings is 1. The van der Waals surface area contributed by atoms with Crippen LogP contribution in [0.3, 0.4) is 0 Å². The molecule has 1 saturated heterocycles. The van der Waals surface area contributed by atoms with Crippen LogP contribution in [0.15, 0.2) is 47.1 Å². The van der Waals surface area contributed by atoms with Crippen molar-refractivity contribution < 1.29 is 14.1 Å². The van der Waals surface area contributed by atoms with Gasteiger partial charge in [0.15, 0.2) is 0 Å². The van der Waals surface area contributed by atoms with Gasteiger partial charge in [-0.1, -0.05) is 16.8 Å². The number of nitrogens with one attached hydrogen (secondary N) is 1. The number of pyridine rings is 1. The molecule has 0 aliphatic carbocycles. The van der Waals surface area contributed by atoms with Crippen molar-refractivity contribution in [3.05, 3.63) is 53.5 Å². The number of ether oxygens (including phenoxy) is 1. The van der Waals surface area contributed by atoms with Crippen LogP contribution < -0.4 is 10.2 Å². The molecule has 29 heavy (non-hydrogen) atoms. The largest absolute Gasteiger partial charge is 0.378 e. The predicted octanol–water partition coefficient (Wildman–Crippen LogP) is 3.19. The Bertz CT molecular complexity index is 953. The quantitative estimate of drug-likeness (QED) is 0.663. The van der Waals surface area contributed by atoms with Crippen molar-refractivity contribution >= 4 is 29.0 Å². The van der Waals surface area contributed by atoms with Gasteiger partial charge in [0.25, 0.3) is 0 Å². The maximum absolute atomic E-state index is 12.2. The number of anilines is 2. The highest BCUT2D eigenvalue weighted by Gasteiger charge is 2.13. The molecule has 8 nitrogen and oxygen atoms in total. The van der Waals surface area contributed by atoms with Gasteiger partial charge in [-0.05, 0) is 36.4 Å². The molecule has 1 aliphatic heterocycles. The number of rotatable bonds is 6. The Morgan fingerprint density at radius 2 is 1.93 bits per heavy atom. The van der Waals surface area contributed by atoms with Gasteiger partial charge in [-0.2, -0.15) is 4.98 Å². The molecule has 1 aliphatic rings. The Kier molecular flexibility index (Phi) is 6.02. The first-order valence-corrected chi connectivity index (χ1v) is 9.72. The number of hydrogen-bond acceptors (Lipinski definition) is 7. The molecule has 9 heteroatoms. The highest BCUT2D eigenvalue weighted by molar-refractivity contribution is 6.30. The molecule has 0 spiro atoms. The van der Waals surface area contributed by atoms with Crippen LogP contribution in [-0.2, 0) is 16.0 Å². The molecular formula is C20H20ClN5O3. The van der Waals surface area contributed by atoms with Gasteiger partial charge in [-0.25, -0.2) is 4.98 Å². The van der Waals surface area contributed by atoms with Crippen molar-refractivity contribution in [2.75, 3.05) is 36.5 Å². The van der Waals surface area contributed by atoms with E-state index in [0.717, 1.165) is 24.5 Å². The van der Waals surface area contributed by atoms with Gasteiger partial charge in [-0.3, -0.25) is 4.79 Å². The number of amides is 1. The Balaban J connectivity index is 1.28. The summed E-state index contributed by atoms with van der Waals surface area (Å²) < 4.78 is 10.6. The average Bonchev–Trinajstić information content (AvgIpc) is 3.23. The van der Waals surface area contributed by atoms with E-state index in [4.69, 9.17) is 20.9 Å². The summed E-state index contributed by atoms with van der Waals surface area (Å²) in [6.45, 7) is 3.05. The maximum Gasteiger partial charge on any atom is 0.227 e. The summed E-state index contributed by atoms with van der Waals surface area (Å²) in [5.41, 5.74) is 1.46. The smallest absolute Gasteiger partial charge is 0.227 e. The van der Waals surface area contributed by atoms with Crippen molar-refractivity contribution in [1.82, 2.24) is 15.1 Å². The molecule has 4 rings (SSSR count). The SMILES string of the molecule is O=C(CCc1nc(-c2ccc(Cl)cc2)no1)Nc1ccc(N2CCOCC2)nc1. The Morgan fingerprint density at radius 1 is 1.14 bits per heavy atom. The lowest BCUT2D eigenvalue weighted by molar-refractivity contribution is -0.116. The van der Waals surface area contributed by atoms with E-state index in [1.165, 1.54) is 0 Å². The summed E-state index contributed by atoms with van der Waals surface area (Å²) in [5.74, 6) is 1.62. The van der Waals surface area contributed by atoms with Crippen LogP contribution >= 0.6 is 11.6 Å². The third-order valence-corrected chi connectivity index (χ3v) is 4.76. The number of aryl methyl sites for hydroxylation is 1. The molecule has 0 atom stereocenters. The Labute approximate surface area is 172 Å². The molecule has 2 aromatic heterocycles. The van der Waals surface area contributed by atoms with Crippen molar-refractivity contribution in [1.29, 1.82) is 0 Å². The van der Waals surface area contributed by atoms with E-state index in [1.54, 1.807) is 18.3 Å². The predicted molar refractivity (Wildman–Crippen MR) is 109 cm³/mol. The van der Waals surface area contributed by atoms with Gasteiger partial charge in [-0.15, -0.1) is 0 Å². The van der Waals surface area contributed by atoms with E-state index in [-0.39, 0.29) is 12.3 Å². The summed E-state index contributed by atoms with van der Waals surface area (Å²) in [6.07, 6.45) is 2.24. The third kappa shape index (κ3) is 5.10. The molecule has 1 fully saturated rings. The number of hydrogen-bond donors (Lipinski definition) is 1. The summed E-state index contributed by atoms with van der Waals surface area (Å²) in [7, 11) is 0. The zero-order valence-corrected chi connectivity index (χ0v) is 16.4. The normalized spacial score (nSPS) is 14.0. The molecule has 1 N–H and O–H groups in total. The average molecular weight is 414 g/mol. The van der Waals surface area contributed by atoms with Gasteiger partial charge in [0.05, 0.1) is 25.1 Å². The number of morpholine rings is 1. The zero-order valence-electron chi connectivity index (χ0n) is 15.7. The van der Waals surface area contributed by atoms with E-state index in [1.807, 2.05) is 24.3 Å².